The Morgan fingerprint density at radius 3 is 2.70 bits per heavy atom. The Kier molecular flexibility index (Phi) is 3.93. The van der Waals surface area contributed by atoms with Gasteiger partial charge in [0, 0.05) is 12.2 Å². The van der Waals surface area contributed by atoms with Gasteiger partial charge >= 0.3 is 0 Å². The summed E-state index contributed by atoms with van der Waals surface area (Å²) in [5.74, 6) is -1.70. The molecule has 0 atom stereocenters. The van der Waals surface area contributed by atoms with E-state index in [4.69, 9.17) is 5.73 Å². The molecule has 0 aliphatic rings. The molecule has 0 radical (unpaired) electrons. The Morgan fingerprint density at radius 1 is 1.30 bits per heavy atom. The van der Waals surface area contributed by atoms with Crippen LogP contribution >= 0.6 is 0 Å². The first-order valence-electron chi connectivity index (χ1n) is 6.01. The fraction of sp³-hybridized carbons (Fsp3) is 0.143. The highest BCUT2D eigenvalue weighted by Gasteiger charge is 2.20. The van der Waals surface area contributed by atoms with Crippen LogP contribution in [0.25, 0.3) is 0 Å². The van der Waals surface area contributed by atoms with Crippen molar-refractivity contribution in [1.82, 2.24) is 4.98 Å². The molecule has 0 saturated heterocycles. The lowest BCUT2D eigenvalue weighted by atomic mass is 10.2. The molecular weight excluding hydrogens is 264 g/mol. The molecule has 2 N–H and O–H groups in total. The first-order valence-corrected chi connectivity index (χ1v) is 6.01. The fourth-order valence-electron chi connectivity index (χ4n) is 1.85. The number of carbonyl (C=O) groups is 1. The number of hydrogen-bond donors (Lipinski definition) is 1. The van der Waals surface area contributed by atoms with E-state index in [1.165, 1.54) is 23.1 Å². The van der Waals surface area contributed by atoms with E-state index in [0.29, 0.717) is 5.69 Å². The Balaban J connectivity index is 2.41. The van der Waals surface area contributed by atoms with Crippen molar-refractivity contribution in [3.8, 4) is 0 Å². The molecule has 2 aromatic rings. The van der Waals surface area contributed by atoms with Gasteiger partial charge in [0.2, 0.25) is 0 Å². The van der Waals surface area contributed by atoms with Gasteiger partial charge in [-0.1, -0.05) is 6.07 Å². The maximum Gasteiger partial charge on any atom is 0.262 e. The summed E-state index contributed by atoms with van der Waals surface area (Å²) in [6, 6.07) is 6.61. The molecular formula is C14H13F2N3O. The lowest BCUT2D eigenvalue weighted by Gasteiger charge is -2.21. The molecule has 0 fully saturated rings. The van der Waals surface area contributed by atoms with Gasteiger partial charge in [-0.15, -0.1) is 0 Å². The summed E-state index contributed by atoms with van der Waals surface area (Å²) >= 11 is 0. The van der Waals surface area contributed by atoms with Crippen LogP contribution < -0.4 is 10.6 Å². The predicted octanol–water partition coefficient (Wildman–Crippen LogP) is 2.61. The van der Waals surface area contributed by atoms with E-state index >= 15 is 0 Å². The lowest BCUT2D eigenvalue weighted by Crippen LogP contribution is -2.31. The van der Waals surface area contributed by atoms with Crippen LogP contribution in [0.4, 0.5) is 20.3 Å². The van der Waals surface area contributed by atoms with Crippen molar-refractivity contribution in [2.75, 3.05) is 17.2 Å². The number of nitrogens with two attached hydrogens (primary N) is 1. The quantitative estimate of drug-likeness (QED) is 0.938. The third-order valence-corrected chi connectivity index (χ3v) is 2.80. The zero-order valence-corrected chi connectivity index (χ0v) is 10.8. The second-order valence-electron chi connectivity index (χ2n) is 4.12. The minimum Gasteiger partial charge on any atom is -0.383 e. The van der Waals surface area contributed by atoms with Crippen LogP contribution in [0, 0.1) is 11.6 Å². The minimum atomic E-state index is -0.655. The van der Waals surface area contributed by atoms with Crippen molar-refractivity contribution >= 4 is 17.4 Å². The van der Waals surface area contributed by atoms with E-state index in [1.807, 2.05) is 0 Å². The Morgan fingerprint density at radius 2 is 2.05 bits per heavy atom. The molecule has 0 saturated carbocycles. The number of aromatic nitrogens is 1. The largest absolute Gasteiger partial charge is 0.383 e. The summed E-state index contributed by atoms with van der Waals surface area (Å²) in [6.45, 7) is 2.02. The maximum atomic E-state index is 13.2. The molecule has 0 aliphatic carbocycles. The van der Waals surface area contributed by atoms with Crippen LogP contribution in [-0.2, 0) is 0 Å². The van der Waals surface area contributed by atoms with Gasteiger partial charge in [0.25, 0.3) is 5.91 Å². The third-order valence-electron chi connectivity index (χ3n) is 2.80. The van der Waals surface area contributed by atoms with Crippen molar-refractivity contribution in [3.05, 3.63) is 53.7 Å². The van der Waals surface area contributed by atoms with Gasteiger partial charge in [-0.25, -0.2) is 13.8 Å². The van der Waals surface area contributed by atoms with Gasteiger partial charge in [0.05, 0.1) is 11.8 Å². The zero-order chi connectivity index (χ0) is 14.7. The van der Waals surface area contributed by atoms with Crippen molar-refractivity contribution in [2.24, 2.45) is 0 Å². The number of nitrogen functional groups attached to an aromatic ring is 1. The molecule has 104 valence electrons. The highest BCUT2D eigenvalue weighted by atomic mass is 19.1. The fourth-order valence-corrected chi connectivity index (χ4v) is 1.85. The van der Waals surface area contributed by atoms with E-state index in [9.17, 15) is 13.6 Å². The number of rotatable bonds is 3. The lowest BCUT2D eigenvalue weighted by molar-refractivity contribution is 0.0988. The van der Waals surface area contributed by atoms with Gasteiger partial charge in [-0.2, -0.15) is 0 Å². The summed E-state index contributed by atoms with van der Waals surface area (Å²) < 4.78 is 26.4. The van der Waals surface area contributed by atoms with E-state index in [0.717, 1.165) is 12.3 Å². The van der Waals surface area contributed by atoms with Gasteiger partial charge in [-0.3, -0.25) is 4.79 Å². The van der Waals surface area contributed by atoms with Crippen LogP contribution in [0.1, 0.15) is 17.3 Å². The molecule has 0 unspecified atom stereocenters. The highest BCUT2D eigenvalue weighted by molar-refractivity contribution is 6.08. The van der Waals surface area contributed by atoms with Crippen molar-refractivity contribution < 1.29 is 13.6 Å². The van der Waals surface area contributed by atoms with E-state index in [-0.39, 0.29) is 17.9 Å². The van der Waals surface area contributed by atoms with Crippen LogP contribution in [-0.4, -0.2) is 17.4 Å². The molecule has 4 nitrogen and oxygen atoms in total. The van der Waals surface area contributed by atoms with Crippen LogP contribution in [0.5, 0.6) is 0 Å². The first-order chi connectivity index (χ1) is 9.52. The van der Waals surface area contributed by atoms with Gasteiger partial charge in [-0.05, 0) is 31.2 Å². The molecule has 0 spiro atoms. The molecule has 20 heavy (non-hydrogen) atoms. The molecule has 2 rings (SSSR count). The summed E-state index contributed by atoms with van der Waals surface area (Å²) in [6.07, 6.45) is 0.935. The summed E-state index contributed by atoms with van der Waals surface area (Å²) in [5, 5.41) is 0. The summed E-state index contributed by atoms with van der Waals surface area (Å²) in [4.78, 5) is 17.3. The molecule has 6 heteroatoms. The van der Waals surface area contributed by atoms with E-state index in [1.54, 1.807) is 13.0 Å². The van der Waals surface area contributed by atoms with E-state index in [2.05, 4.69) is 4.98 Å². The average molecular weight is 277 g/mol. The molecule has 1 aromatic carbocycles. The van der Waals surface area contributed by atoms with Crippen molar-refractivity contribution in [3.63, 3.8) is 0 Å². The first kappa shape index (κ1) is 13.9. The Hall–Kier alpha value is -2.50. The molecule has 1 amide bonds. The summed E-state index contributed by atoms with van der Waals surface area (Å²) in [7, 11) is 0. The monoisotopic (exact) mass is 277 g/mol. The van der Waals surface area contributed by atoms with Gasteiger partial charge in [0.15, 0.2) is 0 Å². The number of hydrogen-bond acceptors (Lipinski definition) is 3. The average Bonchev–Trinajstić information content (AvgIpc) is 2.42. The highest BCUT2D eigenvalue weighted by Crippen LogP contribution is 2.20. The van der Waals surface area contributed by atoms with Crippen molar-refractivity contribution in [1.29, 1.82) is 0 Å². The van der Waals surface area contributed by atoms with Crippen LogP contribution in [0.3, 0.4) is 0 Å². The van der Waals surface area contributed by atoms with Crippen LogP contribution in [0.2, 0.25) is 0 Å². The number of halogens is 2. The second kappa shape index (κ2) is 5.64. The molecule has 1 aromatic heterocycles. The normalized spacial score (nSPS) is 10.3. The number of pyridine rings is 1. The molecule has 0 bridgehead atoms. The third kappa shape index (κ3) is 2.74. The molecule has 0 aliphatic heterocycles. The SMILES string of the molecule is CCN(C(=O)c1cc(F)cnc1N)c1cccc(F)c1. The Labute approximate surface area is 114 Å². The summed E-state index contributed by atoms with van der Waals surface area (Å²) in [5.41, 5.74) is 5.92. The number of amides is 1. The second-order valence-corrected chi connectivity index (χ2v) is 4.12. The predicted molar refractivity (Wildman–Crippen MR) is 72.4 cm³/mol. The number of anilines is 2. The number of nitrogens with zero attached hydrogens (tertiary/aromatic N) is 2. The minimum absolute atomic E-state index is 0.0453. The van der Waals surface area contributed by atoms with E-state index < -0.39 is 17.5 Å². The van der Waals surface area contributed by atoms with Gasteiger partial charge < -0.3 is 10.6 Å². The van der Waals surface area contributed by atoms with Crippen LogP contribution in [0.15, 0.2) is 36.5 Å². The zero-order valence-electron chi connectivity index (χ0n) is 10.8. The maximum absolute atomic E-state index is 13.2. The van der Waals surface area contributed by atoms with Gasteiger partial charge in [0.1, 0.15) is 17.5 Å². The van der Waals surface area contributed by atoms with Crippen molar-refractivity contribution in [2.45, 2.75) is 6.92 Å². The standard InChI is InChI=1S/C14H13F2N3O/c1-2-19(11-5-3-4-9(15)6-11)14(20)12-7-10(16)8-18-13(12)17/h3-8H,2H2,1H3,(H2,17,18). The number of benzene rings is 1. The smallest absolute Gasteiger partial charge is 0.262 e. The topological polar surface area (TPSA) is 59.2 Å². The Bertz CT molecular complexity index is 646. The molecule has 1 heterocycles. The number of carbonyl (C=O) groups excluding carboxylic acids is 1.